The zero-order valence-corrected chi connectivity index (χ0v) is 13.8. The summed E-state index contributed by atoms with van der Waals surface area (Å²) in [5.41, 5.74) is 2.81. The quantitative estimate of drug-likeness (QED) is 0.634. The normalized spacial score (nSPS) is 25.6. The van der Waals surface area contributed by atoms with Crippen LogP contribution < -0.4 is 0 Å². The monoisotopic (exact) mass is 344 g/mol. The van der Waals surface area contributed by atoms with Gasteiger partial charge in [0.1, 0.15) is 0 Å². The van der Waals surface area contributed by atoms with E-state index >= 15 is 0 Å². The first-order valence-electron chi connectivity index (χ1n) is 6.83. The molecule has 1 aliphatic heterocycles. The summed E-state index contributed by atoms with van der Waals surface area (Å²) in [5, 5.41) is 2.27. The molecule has 0 nitrogen and oxygen atoms in total. The molecule has 20 heavy (non-hydrogen) atoms. The lowest BCUT2D eigenvalue weighted by atomic mass is 9.85. The Bertz CT molecular complexity index is 603. The first-order chi connectivity index (χ1) is 9.67. The first kappa shape index (κ1) is 14.0. The molecule has 102 valence electrons. The summed E-state index contributed by atoms with van der Waals surface area (Å²) in [6.45, 7) is 2.35. The van der Waals surface area contributed by atoms with Crippen molar-refractivity contribution in [2.45, 2.75) is 24.0 Å². The topological polar surface area (TPSA) is 0 Å². The van der Waals surface area contributed by atoms with Crippen molar-refractivity contribution in [1.82, 2.24) is 0 Å². The molecule has 1 heterocycles. The highest BCUT2D eigenvalue weighted by molar-refractivity contribution is 9.10. The van der Waals surface area contributed by atoms with Crippen LogP contribution in [0.25, 0.3) is 0 Å². The van der Waals surface area contributed by atoms with Gasteiger partial charge in [0.2, 0.25) is 0 Å². The molecule has 0 saturated carbocycles. The van der Waals surface area contributed by atoms with Crippen LogP contribution in [0.5, 0.6) is 0 Å². The first-order valence-corrected chi connectivity index (χ1v) is 8.50. The smallest absolute Gasteiger partial charge is 0.0430 e. The Labute approximate surface area is 133 Å². The Hall–Kier alpha value is -0.990. The van der Waals surface area contributed by atoms with E-state index in [1.54, 1.807) is 0 Å². The van der Waals surface area contributed by atoms with Crippen molar-refractivity contribution in [3.63, 3.8) is 0 Å². The Balaban J connectivity index is 1.89. The maximum atomic E-state index is 3.51. The molecule has 0 spiro atoms. The molecular weight excluding hydrogens is 328 g/mol. The summed E-state index contributed by atoms with van der Waals surface area (Å²) >= 11 is 5.44. The molecule has 0 saturated heterocycles. The maximum Gasteiger partial charge on any atom is 0.0430 e. The fourth-order valence-electron chi connectivity index (χ4n) is 2.74. The van der Waals surface area contributed by atoms with Crippen LogP contribution in [0.3, 0.4) is 0 Å². The van der Waals surface area contributed by atoms with Gasteiger partial charge in [0.15, 0.2) is 0 Å². The van der Waals surface area contributed by atoms with Crippen LogP contribution in [-0.4, -0.2) is 0 Å². The zero-order chi connectivity index (χ0) is 14.0. The minimum absolute atomic E-state index is 0.149. The van der Waals surface area contributed by atoms with Gasteiger partial charge in [0.05, 0.1) is 0 Å². The second-order valence-corrected chi connectivity index (χ2v) is 7.73. The van der Waals surface area contributed by atoms with Gasteiger partial charge in [-0.05, 0) is 42.0 Å². The van der Waals surface area contributed by atoms with Gasteiger partial charge in [0.25, 0.3) is 0 Å². The van der Waals surface area contributed by atoms with Crippen molar-refractivity contribution in [2.24, 2.45) is 0 Å². The summed E-state index contributed by atoms with van der Waals surface area (Å²) in [6, 6.07) is 19.5. The predicted octanol–water partition coefficient (Wildman–Crippen LogP) is 6.10. The average Bonchev–Trinajstić information content (AvgIpc) is 2.49. The largest absolute Gasteiger partial charge is 0.123 e. The van der Waals surface area contributed by atoms with Gasteiger partial charge in [0, 0.05) is 15.1 Å². The van der Waals surface area contributed by atoms with Gasteiger partial charge in [-0.3, -0.25) is 0 Å². The molecule has 2 heteroatoms. The minimum atomic E-state index is 0.149. The van der Waals surface area contributed by atoms with Crippen LogP contribution in [-0.2, 0) is 4.75 Å². The standard InChI is InChI=1S/C18H17BrS/c1-18(16-7-9-17(19)10-8-16)13-15(11-12-20-18)14-5-3-2-4-6-14/h2-12,15H,13H2,1H3/t15-,18-/m1/s1. The van der Waals surface area contributed by atoms with E-state index in [4.69, 9.17) is 0 Å². The highest BCUT2D eigenvalue weighted by atomic mass is 79.9. The lowest BCUT2D eigenvalue weighted by Crippen LogP contribution is -2.22. The van der Waals surface area contributed by atoms with Crippen LogP contribution in [0, 0.1) is 0 Å². The molecule has 0 N–H and O–H groups in total. The molecule has 0 aliphatic carbocycles. The number of benzene rings is 2. The molecule has 1 aliphatic rings. The third kappa shape index (κ3) is 2.87. The van der Waals surface area contributed by atoms with Crippen molar-refractivity contribution >= 4 is 27.7 Å². The van der Waals surface area contributed by atoms with Crippen molar-refractivity contribution in [1.29, 1.82) is 0 Å². The van der Waals surface area contributed by atoms with Crippen molar-refractivity contribution in [2.75, 3.05) is 0 Å². The van der Waals surface area contributed by atoms with Crippen molar-refractivity contribution < 1.29 is 0 Å². The summed E-state index contributed by atoms with van der Waals surface area (Å²) in [4.78, 5) is 0. The van der Waals surface area contributed by atoms with Crippen LogP contribution in [0.4, 0.5) is 0 Å². The Morgan fingerprint density at radius 2 is 1.75 bits per heavy atom. The van der Waals surface area contributed by atoms with E-state index in [0.29, 0.717) is 5.92 Å². The van der Waals surface area contributed by atoms with Gasteiger partial charge >= 0.3 is 0 Å². The van der Waals surface area contributed by atoms with Crippen LogP contribution in [0.1, 0.15) is 30.4 Å². The summed E-state index contributed by atoms with van der Waals surface area (Å²) in [7, 11) is 0. The van der Waals surface area contributed by atoms with Gasteiger partial charge in [-0.2, -0.15) is 0 Å². The molecule has 0 unspecified atom stereocenters. The van der Waals surface area contributed by atoms with E-state index in [-0.39, 0.29) is 4.75 Å². The van der Waals surface area contributed by atoms with Crippen molar-refractivity contribution in [3.8, 4) is 0 Å². The molecule has 0 radical (unpaired) electrons. The molecule has 0 aromatic heterocycles. The lowest BCUT2D eigenvalue weighted by Gasteiger charge is -2.35. The Morgan fingerprint density at radius 3 is 2.45 bits per heavy atom. The third-order valence-electron chi connectivity index (χ3n) is 3.93. The number of hydrogen-bond donors (Lipinski definition) is 0. The lowest BCUT2D eigenvalue weighted by molar-refractivity contribution is 0.575. The molecule has 2 atom stereocenters. The summed E-state index contributed by atoms with van der Waals surface area (Å²) in [5.74, 6) is 0.506. The number of halogens is 1. The van der Waals surface area contributed by atoms with Gasteiger partial charge in [-0.25, -0.2) is 0 Å². The fraction of sp³-hybridized carbons (Fsp3) is 0.222. The van der Waals surface area contributed by atoms with E-state index in [9.17, 15) is 0 Å². The molecule has 2 aromatic carbocycles. The SMILES string of the molecule is C[C@]1(c2ccc(Br)cc2)C[C@H](c2ccccc2)C=CS1. The van der Waals surface area contributed by atoms with Crippen LogP contribution in [0.15, 0.2) is 70.6 Å². The number of thioether (sulfide) groups is 1. The molecule has 0 bridgehead atoms. The third-order valence-corrected chi connectivity index (χ3v) is 5.68. The second kappa shape index (κ2) is 5.79. The molecule has 0 amide bonds. The Morgan fingerprint density at radius 1 is 1.05 bits per heavy atom. The van der Waals surface area contributed by atoms with E-state index in [1.165, 1.54) is 11.1 Å². The maximum absolute atomic E-state index is 3.51. The van der Waals surface area contributed by atoms with Gasteiger partial charge < -0.3 is 0 Å². The van der Waals surface area contributed by atoms with Crippen molar-refractivity contribution in [3.05, 3.63) is 81.7 Å². The van der Waals surface area contributed by atoms with Crippen LogP contribution in [0.2, 0.25) is 0 Å². The minimum Gasteiger partial charge on any atom is -0.123 e. The zero-order valence-electron chi connectivity index (χ0n) is 11.4. The second-order valence-electron chi connectivity index (χ2n) is 5.41. The number of rotatable bonds is 2. The predicted molar refractivity (Wildman–Crippen MR) is 92.0 cm³/mol. The summed E-state index contributed by atoms with van der Waals surface area (Å²) < 4.78 is 1.29. The van der Waals surface area contributed by atoms with Gasteiger partial charge in [-0.1, -0.05) is 64.5 Å². The van der Waals surface area contributed by atoms with E-state index in [1.807, 2.05) is 11.8 Å². The van der Waals surface area contributed by atoms with E-state index < -0.39 is 0 Å². The number of hydrogen-bond acceptors (Lipinski definition) is 1. The van der Waals surface area contributed by atoms with Crippen LogP contribution >= 0.6 is 27.7 Å². The Kier molecular flexibility index (Phi) is 4.04. The average molecular weight is 345 g/mol. The highest BCUT2D eigenvalue weighted by Gasteiger charge is 2.32. The fourth-order valence-corrected chi connectivity index (χ4v) is 4.12. The highest BCUT2D eigenvalue weighted by Crippen LogP contribution is 2.48. The summed E-state index contributed by atoms with van der Waals surface area (Å²) in [6.07, 6.45) is 3.47. The van der Waals surface area contributed by atoms with Gasteiger partial charge in [-0.15, -0.1) is 11.8 Å². The van der Waals surface area contributed by atoms with E-state index in [0.717, 1.165) is 10.9 Å². The molecular formula is C18H17BrS. The van der Waals surface area contributed by atoms with E-state index in [2.05, 4.69) is 88.9 Å². The molecule has 3 rings (SSSR count). The molecule has 2 aromatic rings. The number of allylic oxidation sites excluding steroid dienone is 1. The molecule has 0 fully saturated rings.